The predicted molar refractivity (Wildman–Crippen MR) is 282 cm³/mol. The highest BCUT2D eigenvalue weighted by Gasteiger charge is 2.50. The number of carbonyl (C=O) groups excluding carboxylic acids is 2. The van der Waals surface area contributed by atoms with Crippen LogP contribution in [0.25, 0.3) is 0 Å². The SMILES string of the molecule is O=C1CCCC(=O)OC[C@H]2O[C@H](C/C=C\C[C@H]3O[C@H](CO1)[C@@H](OCc1ccccc1)[C@H](OCc1ccccc1)[C@@H]3OCc1ccccc1)[C@@H](OCc1ccccc1)[C@@H](OCc1ccccc1)[C@@H]2OCc1ccccc1. The van der Waals surface area contributed by atoms with Gasteiger partial charge in [-0.2, -0.15) is 0 Å². The summed E-state index contributed by atoms with van der Waals surface area (Å²) in [5.74, 6) is -0.945. The van der Waals surface area contributed by atoms with Crippen molar-refractivity contribution in [3.63, 3.8) is 0 Å². The standard InChI is InChI=1S/C63H68O12/c64-56-36-21-37-57(65)67-45-55-61(71-41-49-28-13-4-14-29-49)63(73-43-51-32-17-6-18-33-51)59(69-39-47-24-9-2-10-25-47)53(75-55)35-20-19-34-52-58(68-38-46-22-7-1-8-23-46)62(72-42-50-30-15-5-16-31-50)60(54(74-52)44-66-56)70-40-48-26-11-3-12-27-48/h1-20,22-33,52-55,58-63H,21,34-45H2/b20-19-/t52-,53-,54-,55-,58-,59-,60-,61-,62-,63-/m1/s1. The van der Waals surface area contributed by atoms with E-state index >= 15 is 0 Å². The van der Waals surface area contributed by atoms with Gasteiger partial charge in [0, 0.05) is 12.8 Å². The fourth-order valence-corrected chi connectivity index (χ4v) is 9.75. The molecule has 75 heavy (non-hydrogen) atoms. The molecule has 0 amide bonds. The zero-order valence-corrected chi connectivity index (χ0v) is 42.3. The summed E-state index contributed by atoms with van der Waals surface area (Å²) in [6.45, 7) is 1.45. The average Bonchev–Trinajstić information content (AvgIpc) is 3.46. The Balaban J connectivity index is 1.05. The lowest BCUT2D eigenvalue weighted by Gasteiger charge is -2.46. The number of hydrogen-bond donors (Lipinski definition) is 0. The van der Waals surface area contributed by atoms with Crippen molar-refractivity contribution in [2.24, 2.45) is 0 Å². The monoisotopic (exact) mass is 1020 g/mol. The minimum atomic E-state index is -0.742. The van der Waals surface area contributed by atoms with Crippen LogP contribution in [0.2, 0.25) is 0 Å². The van der Waals surface area contributed by atoms with Gasteiger partial charge in [0.1, 0.15) is 62.0 Å². The van der Waals surface area contributed by atoms with E-state index in [0.717, 1.165) is 33.4 Å². The van der Waals surface area contributed by atoms with Crippen molar-refractivity contribution in [1.29, 1.82) is 0 Å². The van der Waals surface area contributed by atoms with Crippen LogP contribution in [0.5, 0.6) is 0 Å². The summed E-state index contributed by atoms with van der Waals surface area (Å²) in [4.78, 5) is 27.1. The fraction of sp³-hybridized carbons (Fsp3) is 0.365. The van der Waals surface area contributed by atoms with Crippen LogP contribution in [0.4, 0.5) is 0 Å². The highest BCUT2D eigenvalue weighted by molar-refractivity contribution is 5.72. The summed E-state index contributed by atoms with van der Waals surface area (Å²) in [5.41, 5.74) is 5.88. The number of esters is 2. The molecular formula is C63H68O12. The molecule has 0 aliphatic carbocycles. The lowest BCUT2D eigenvalue weighted by Crippen LogP contribution is -2.61. The van der Waals surface area contributed by atoms with E-state index in [1.165, 1.54) is 0 Å². The first kappa shape index (κ1) is 53.5. The molecule has 2 saturated heterocycles. The van der Waals surface area contributed by atoms with Gasteiger partial charge in [0.05, 0.1) is 51.8 Å². The number of cyclic esters (lactones) is 2. The second kappa shape index (κ2) is 28.5. The van der Waals surface area contributed by atoms with Gasteiger partial charge in [0.15, 0.2) is 0 Å². The van der Waals surface area contributed by atoms with E-state index in [1.54, 1.807) is 0 Å². The smallest absolute Gasteiger partial charge is 0.305 e. The molecule has 12 nitrogen and oxygen atoms in total. The minimum absolute atomic E-state index is 0.0130. The molecule has 3 aliphatic rings. The number of carbonyl (C=O) groups is 2. The van der Waals surface area contributed by atoms with Gasteiger partial charge in [-0.3, -0.25) is 9.59 Å². The van der Waals surface area contributed by atoms with Crippen molar-refractivity contribution < 1.29 is 57.0 Å². The van der Waals surface area contributed by atoms with Crippen LogP contribution in [-0.2, 0) is 96.6 Å². The molecule has 0 spiro atoms. The van der Waals surface area contributed by atoms with Gasteiger partial charge in [-0.1, -0.05) is 194 Å². The highest BCUT2D eigenvalue weighted by atomic mass is 16.6. The average molecular weight is 1020 g/mol. The summed E-state index contributed by atoms with van der Waals surface area (Å²) in [5, 5.41) is 0. The van der Waals surface area contributed by atoms with E-state index in [2.05, 4.69) is 12.2 Å². The van der Waals surface area contributed by atoms with Crippen molar-refractivity contribution >= 4 is 11.9 Å². The minimum Gasteiger partial charge on any atom is -0.463 e. The molecule has 0 radical (unpaired) electrons. The van der Waals surface area contributed by atoms with E-state index in [1.807, 2.05) is 182 Å². The van der Waals surface area contributed by atoms with Gasteiger partial charge < -0.3 is 47.4 Å². The third kappa shape index (κ3) is 16.1. The number of rotatable bonds is 18. The Kier molecular flexibility index (Phi) is 20.4. The van der Waals surface area contributed by atoms with Crippen molar-refractivity contribution in [2.45, 2.75) is 133 Å². The third-order valence-corrected chi connectivity index (χ3v) is 13.7. The van der Waals surface area contributed by atoms with Crippen molar-refractivity contribution in [2.75, 3.05) is 13.2 Å². The topological polar surface area (TPSA) is 126 Å². The molecule has 3 aliphatic heterocycles. The maximum absolute atomic E-state index is 13.5. The Labute approximate surface area is 440 Å². The first-order chi connectivity index (χ1) is 37.0. The molecule has 6 aromatic carbocycles. The Morgan fingerprint density at radius 1 is 0.320 bits per heavy atom. The molecular weight excluding hydrogens is 949 g/mol. The summed E-state index contributed by atoms with van der Waals surface area (Å²) in [6, 6.07) is 59.8. The quantitative estimate of drug-likeness (QED) is 0.0601. The van der Waals surface area contributed by atoms with Crippen LogP contribution < -0.4 is 0 Å². The summed E-state index contributed by atoms with van der Waals surface area (Å²) >= 11 is 0. The number of ether oxygens (including phenoxy) is 10. The van der Waals surface area contributed by atoms with Crippen molar-refractivity contribution in [1.82, 2.24) is 0 Å². The number of benzene rings is 6. The second-order valence-corrected chi connectivity index (χ2v) is 19.2. The molecule has 0 saturated carbocycles. The molecule has 10 atom stereocenters. The maximum Gasteiger partial charge on any atom is 0.305 e. The molecule has 3 heterocycles. The lowest BCUT2D eigenvalue weighted by molar-refractivity contribution is -0.270. The van der Waals surface area contributed by atoms with Crippen LogP contribution in [0.3, 0.4) is 0 Å². The molecule has 392 valence electrons. The Bertz CT molecular complexity index is 2430. The first-order valence-electron chi connectivity index (χ1n) is 26.2. The molecule has 2 fully saturated rings. The second-order valence-electron chi connectivity index (χ2n) is 19.2. The molecule has 9 rings (SSSR count). The first-order valence-corrected chi connectivity index (χ1v) is 26.2. The van der Waals surface area contributed by atoms with Gasteiger partial charge in [0.25, 0.3) is 0 Å². The van der Waals surface area contributed by atoms with E-state index in [9.17, 15) is 9.59 Å². The molecule has 4 bridgehead atoms. The number of fused-ring (bicyclic) bond motifs is 4. The van der Waals surface area contributed by atoms with Crippen LogP contribution in [0.15, 0.2) is 194 Å². The highest BCUT2D eigenvalue weighted by Crippen LogP contribution is 2.35. The van der Waals surface area contributed by atoms with Crippen LogP contribution in [0.1, 0.15) is 65.5 Å². The van der Waals surface area contributed by atoms with Gasteiger partial charge in [-0.25, -0.2) is 0 Å². The van der Waals surface area contributed by atoms with E-state index in [0.29, 0.717) is 26.1 Å². The summed E-state index contributed by atoms with van der Waals surface area (Å²) in [7, 11) is 0. The van der Waals surface area contributed by atoms with Crippen LogP contribution >= 0.6 is 0 Å². The Morgan fingerprint density at radius 2 is 0.560 bits per heavy atom. The van der Waals surface area contributed by atoms with E-state index < -0.39 is 73.0 Å². The molecule has 0 unspecified atom stereocenters. The Morgan fingerprint density at radius 3 is 0.827 bits per heavy atom. The van der Waals surface area contributed by atoms with E-state index in [4.69, 9.17) is 47.4 Å². The van der Waals surface area contributed by atoms with Crippen molar-refractivity contribution in [3.8, 4) is 0 Å². The summed E-state index contributed by atoms with van der Waals surface area (Å²) in [6.07, 6.45) is -1.49. The zero-order chi connectivity index (χ0) is 51.3. The van der Waals surface area contributed by atoms with Gasteiger partial charge in [-0.15, -0.1) is 0 Å². The number of hydrogen-bond acceptors (Lipinski definition) is 12. The van der Waals surface area contributed by atoms with E-state index in [-0.39, 0.29) is 58.9 Å². The zero-order valence-electron chi connectivity index (χ0n) is 42.3. The van der Waals surface area contributed by atoms with Crippen LogP contribution in [0, 0.1) is 0 Å². The Hall–Kier alpha value is -6.32. The molecule has 6 aromatic rings. The predicted octanol–water partition coefficient (Wildman–Crippen LogP) is 10.6. The van der Waals surface area contributed by atoms with Gasteiger partial charge in [-0.05, 0) is 52.6 Å². The molecule has 12 heteroatoms. The molecule has 0 N–H and O–H groups in total. The normalized spacial score (nSPS) is 26.1. The van der Waals surface area contributed by atoms with Crippen LogP contribution in [-0.4, -0.2) is 86.2 Å². The fourth-order valence-electron chi connectivity index (χ4n) is 9.75. The lowest BCUT2D eigenvalue weighted by atomic mass is 9.91. The van der Waals surface area contributed by atoms with Crippen molar-refractivity contribution in [3.05, 3.63) is 228 Å². The third-order valence-electron chi connectivity index (χ3n) is 13.7. The largest absolute Gasteiger partial charge is 0.463 e. The summed E-state index contributed by atoms with van der Waals surface area (Å²) < 4.78 is 67.4. The van der Waals surface area contributed by atoms with Gasteiger partial charge in [0.2, 0.25) is 0 Å². The van der Waals surface area contributed by atoms with Gasteiger partial charge >= 0.3 is 11.9 Å². The molecule has 0 aromatic heterocycles. The maximum atomic E-state index is 13.5.